The van der Waals surface area contributed by atoms with E-state index in [9.17, 15) is 8.42 Å². The monoisotopic (exact) mass is 213 g/mol. The number of nitrogens with zero attached hydrogens (tertiary/aromatic N) is 2. The van der Waals surface area contributed by atoms with Gasteiger partial charge in [-0.3, -0.25) is 0 Å². The van der Waals surface area contributed by atoms with Crippen LogP contribution in [0, 0.1) is 11.3 Å². The summed E-state index contributed by atoms with van der Waals surface area (Å²) in [6.07, 6.45) is 1.83. The van der Waals surface area contributed by atoms with E-state index in [1.165, 1.54) is 0 Å². The van der Waals surface area contributed by atoms with Crippen molar-refractivity contribution in [1.82, 2.24) is 9.29 Å². The summed E-state index contributed by atoms with van der Waals surface area (Å²) >= 11 is 0. The average Bonchev–Trinajstić information content (AvgIpc) is 2.48. The minimum Gasteiger partial charge on any atom is -0.353 e. The summed E-state index contributed by atoms with van der Waals surface area (Å²) < 4.78 is 26.3. The van der Waals surface area contributed by atoms with E-state index in [1.807, 2.05) is 29.9 Å². The Labute approximate surface area is 83.0 Å². The van der Waals surface area contributed by atoms with Gasteiger partial charge in [0.15, 0.2) is 5.75 Å². The summed E-state index contributed by atoms with van der Waals surface area (Å²) in [4.78, 5) is 0. The van der Waals surface area contributed by atoms with Crippen molar-refractivity contribution in [2.45, 2.75) is 6.54 Å². The Balaban J connectivity index is 2.58. The molecule has 0 aliphatic heterocycles. The van der Waals surface area contributed by atoms with Crippen LogP contribution in [-0.2, 0) is 23.6 Å². The Bertz CT molecular complexity index is 441. The second kappa shape index (κ2) is 4.26. The van der Waals surface area contributed by atoms with E-state index < -0.39 is 15.8 Å². The van der Waals surface area contributed by atoms with Gasteiger partial charge in [0.1, 0.15) is 0 Å². The molecule has 0 aliphatic rings. The van der Waals surface area contributed by atoms with E-state index in [-0.39, 0.29) is 6.54 Å². The normalized spacial score (nSPS) is 11.1. The summed E-state index contributed by atoms with van der Waals surface area (Å²) in [6.45, 7) is 0.216. The number of aromatic nitrogens is 1. The number of nitrogens with one attached hydrogen (secondary N) is 1. The van der Waals surface area contributed by atoms with Crippen LogP contribution in [-0.4, -0.2) is 18.7 Å². The predicted octanol–water partition coefficient (Wildman–Crippen LogP) is -0.0319. The number of sulfonamides is 1. The first-order valence-corrected chi connectivity index (χ1v) is 5.65. The molecule has 0 saturated heterocycles. The van der Waals surface area contributed by atoms with Gasteiger partial charge in [-0.2, -0.15) is 5.26 Å². The Morgan fingerprint density at radius 2 is 2.36 bits per heavy atom. The first-order chi connectivity index (χ1) is 6.55. The summed E-state index contributed by atoms with van der Waals surface area (Å²) in [6, 6.07) is 5.24. The third-order valence-corrected chi connectivity index (χ3v) is 2.87. The molecule has 0 unspecified atom stereocenters. The lowest BCUT2D eigenvalue weighted by molar-refractivity contribution is 0.582. The molecule has 1 heterocycles. The summed E-state index contributed by atoms with van der Waals surface area (Å²) in [5, 5.41) is 8.24. The van der Waals surface area contributed by atoms with E-state index in [0.29, 0.717) is 0 Å². The highest BCUT2D eigenvalue weighted by atomic mass is 32.2. The van der Waals surface area contributed by atoms with Crippen molar-refractivity contribution in [3.63, 3.8) is 0 Å². The molecule has 1 aromatic rings. The molecule has 0 bridgehead atoms. The van der Waals surface area contributed by atoms with Crippen LogP contribution < -0.4 is 4.72 Å². The molecule has 0 aliphatic carbocycles. The van der Waals surface area contributed by atoms with E-state index in [0.717, 1.165) is 5.69 Å². The third-order valence-electron chi connectivity index (χ3n) is 1.78. The van der Waals surface area contributed by atoms with Crippen LogP contribution in [0.4, 0.5) is 0 Å². The van der Waals surface area contributed by atoms with Gasteiger partial charge in [-0.25, -0.2) is 13.1 Å². The standard InChI is InChI=1S/C8H11N3O2S/c1-11-5-2-3-8(11)7-10-14(12,13)6-4-9/h2-3,5,10H,6-7H2,1H3. The lowest BCUT2D eigenvalue weighted by atomic mass is 10.4. The quantitative estimate of drug-likeness (QED) is 0.763. The largest absolute Gasteiger partial charge is 0.353 e. The number of rotatable bonds is 4. The van der Waals surface area contributed by atoms with Crippen LogP contribution in [0.5, 0.6) is 0 Å². The zero-order valence-corrected chi connectivity index (χ0v) is 8.58. The third kappa shape index (κ3) is 2.87. The van der Waals surface area contributed by atoms with Crippen molar-refractivity contribution in [3.8, 4) is 6.07 Å². The first-order valence-electron chi connectivity index (χ1n) is 3.99. The molecule has 1 rings (SSSR count). The van der Waals surface area contributed by atoms with Crippen LogP contribution in [0.15, 0.2) is 18.3 Å². The van der Waals surface area contributed by atoms with Gasteiger partial charge in [0.05, 0.1) is 12.6 Å². The fraction of sp³-hybridized carbons (Fsp3) is 0.375. The van der Waals surface area contributed by atoms with Crippen LogP contribution in [0.3, 0.4) is 0 Å². The highest BCUT2D eigenvalue weighted by Crippen LogP contribution is 1.99. The molecule has 5 nitrogen and oxygen atoms in total. The second-order valence-corrected chi connectivity index (χ2v) is 4.66. The molecular weight excluding hydrogens is 202 g/mol. The fourth-order valence-electron chi connectivity index (χ4n) is 1.00. The van der Waals surface area contributed by atoms with Gasteiger partial charge in [0, 0.05) is 18.9 Å². The van der Waals surface area contributed by atoms with Crippen molar-refractivity contribution < 1.29 is 8.42 Å². The van der Waals surface area contributed by atoms with Gasteiger partial charge in [-0.15, -0.1) is 0 Å². The Morgan fingerprint density at radius 1 is 1.64 bits per heavy atom. The summed E-state index contributed by atoms with van der Waals surface area (Å²) in [5.41, 5.74) is 0.853. The number of hydrogen-bond donors (Lipinski definition) is 1. The first kappa shape index (κ1) is 10.8. The molecule has 0 atom stereocenters. The zero-order chi connectivity index (χ0) is 10.6. The van der Waals surface area contributed by atoms with Crippen LogP contribution in [0.25, 0.3) is 0 Å². The topological polar surface area (TPSA) is 74.9 Å². The van der Waals surface area contributed by atoms with Gasteiger partial charge in [-0.1, -0.05) is 0 Å². The van der Waals surface area contributed by atoms with E-state index in [2.05, 4.69) is 4.72 Å². The van der Waals surface area contributed by atoms with Gasteiger partial charge >= 0.3 is 0 Å². The minimum absolute atomic E-state index is 0.216. The highest BCUT2D eigenvalue weighted by Gasteiger charge is 2.09. The fourth-order valence-corrected chi connectivity index (χ4v) is 1.64. The second-order valence-electron chi connectivity index (χ2n) is 2.85. The maximum atomic E-state index is 11.1. The van der Waals surface area contributed by atoms with E-state index in [1.54, 1.807) is 6.07 Å². The molecule has 0 fully saturated rings. The lowest BCUT2D eigenvalue weighted by Crippen LogP contribution is -2.26. The molecule has 1 aromatic heterocycles. The zero-order valence-electron chi connectivity index (χ0n) is 7.77. The Hall–Kier alpha value is -1.32. The molecule has 6 heteroatoms. The molecule has 0 spiro atoms. The van der Waals surface area contributed by atoms with Crippen molar-refractivity contribution >= 4 is 10.0 Å². The number of nitriles is 1. The Morgan fingerprint density at radius 3 is 2.86 bits per heavy atom. The molecule has 0 radical (unpaired) electrons. The molecular formula is C8H11N3O2S. The average molecular weight is 213 g/mol. The van der Waals surface area contributed by atoms with E-state index >= 15 is 0 Å². The van der Waals surface area contributed by atoms with Gasteiger partial charge in [0.25, 0.3) is 0 Å². The lowest BCUT2D eigenvalue weighted by Gasteiger charge is -2.04. The Kier molecular flexibility index (Phi) is 3.28. The van der Waals surface area contributed by atoms with Crippen molar-refractivity contribution in [1.29, 1.82) is 5.26 Å². The maximum absolute atomic E-state index is 11.1. The molecule has 0 amide bonds. The van der Waals surface area contributed by atoms with E-state index in [4.69, 9.17) is 5.26 Å². The minimum atomic E-state index is -3.45. The molecule has 1 N–H and O–H groups in total. The van der Waals surface area contributed by atoms with Crippen LogP contribution in [0.2, 0.25) is 0 Å². The van der Waals surface area contributed by atoms with Crippen LogP contribution in [0.1, 0.15) is 5.69 Å². The van der Waals surface area contributed by atoms with Crippen molar-refractivity contribution in [2.75, 3.05) is 5.75 Å². The molecule has 0 saturated carbocycles. The van der Waals surface area contributed by atoms with Crippen molar-refractivity contribution in [2.24, 2.45) is 7.05 Å². The van der Waals surface area contributed by atoms with Gasteiger partial charge in [0.2, 0.25) is 10.0 Å². The van der Waals surface area contributed by atoms with Crippen LogP contribution >= 0.6 is 0 Å². The smallest absolute Gasteiger partial charge is 0.225 e. The van der Waals surface area contributed by atoms with Gasteiger partial charge < -0.3 is 4.57 Å². The summed E-state index contributed by atoms with van der Waals surface area (Å²) in [5.74, 6) is -0.503. The number of aryl methyl sites for hydroxylation is 1. The predicted molar refractivity (Wildman–Crippen MR) is 51.7 cm³/mol. The molecule has 0 aromatic carbocycles. The molecule has 76 valence electrons. The molecule has 14 heavy (non-hydrogen) atoms. The maximum Gasteiger partial charge on any atom is 0.225 e. The SMILES string of the molecule is Cn1cccc1CNS(=O)(=O)CC#N. The summed E-state index contributed by atoms with van der Waals surface area (Å²) in [7, 11) is -1.62. The number of hydrogen-bond acceptors (Lipinski definition) is 3. The van der Waals surface area contributed by atoms with Crippen molar-refractivity contribution in [3.05, 3.63) is 24.0 Å². The highest BCUT2D eigenvalue weighted by molar-refractivity contribution is 7.89. The van der Waals surface area contributed by atoms with Gasteiger partial charge in [-0.05, 0) is 12.1 Å².